The van der Waals surface area contributed by atoms with E-state index >= 15 is 0 Å². The molecule has 20 heavy (non-hydrogen) atoms. The molecule has 0 atom stereocenters. The molecule has 0 saturated carbocycles. The number of hydrogen-bond donors (Lipinski definition) is 1. The summed E-state index contributed by atoms with van der Waals surface area (Å²) in [7, 11) is 0. The number of hydrogen-bond acceptors (Lipinski definition) is 2. The lowest BCUT2D eigenvalue weighted by atomic mass is 10.2. The molecule has 1 aromatic heterocycles. The number of fused-ring (bicyclic) bond motifs is 1. The van der Waals surface area contributed by atoms with Crippen LogP contribution in [0.3, 0.4) is 0 Å². The van der Waals surface area contributed by atoms with E-state index in [1.165, 1.54) is 12.1 Å². The number of imidazole rings is 1. The van der Waals surface area contributed by atoms with Gasteiger partial charge in [0.1, 0.15) is 11.9 Å². The molecule has 3 nitrogen and oxygen atoms in total. The molecule has 2 aromatic carbocycles. The average molecular weight is 395 g/mol. The number of halogens is 2. The van der Waals surface area contributed by atoms with Crippen LogP contribution in [0, 0.1) is 25.5 Å². The summed E-state index contributed by atoms with van der Waals surface area (Å²) in [5, 5.41) is 9.13. The van der Waals surface area contributed by atoms with Crippen molar-refractivity contribution in [2.24, 2.45) is 0 Å². The summed E-state index contributed by atoms with van der Waals surface area (Å²) in [5.41, 5.74) is 2.82. The van der Waals surface area contributed by atoms with Crippen LogP contribution >= 0.6 is 34.8 Å². The molecule has 0 aliphatic rings. The van der Waals surface area contributed by atoms with Crippen LogP contribution < -0.4 is 0 Å². The number of nitriles is 1. The zero-order valence-electron chi connectivity index (χ0n) is 10.0. The molecule has 0 fully saturated rings. The van der Waals surface area contributed by atoms with Gasteiger partial charge in [-0.1, -0.05) is 6.07 Å². The van der Waals surface area contributed by atoms with E-state index in [-0.39, 0.29) is 5.82 Å². The largest absolute Gasteiger partial charge is 0.329 e. The average Bonchev–Trinajstić information content (AvgIpc) is 2.75. The first kappa shape index (κ1) is 13.3. The van der Waals surface area contributed by atoms with E-state index in [9.17, 15) is 4.39 Å². The molecule has 0 unspecified atom stereocenters. The van der Waals surface area contributed by atoms with Crippen LogP contribution in [-0.2, 0) is 0 Å². The van der Waals surface area contributed by atoms with E-state index in [1.54, 1.807) is 18.2 Å². The van der Waals surface area contributed by atoms with Crippen molar-refractivity contribution in [1.82, 2.24) is 9.55 Å². The van der Waals surface area contributed by atoms with E-state index < -0.39 is 0 Å². The summed E-state index contributed by atoms with van der Waals surface area (Å²) < 4.78 is 16.3. The van der Waals surface area contributed by atoms with Crippen LogP contribution in [0.2, 0.25) is 0 Å². The minimum absolute atomic E-state index is 0.290. The number of nitrogens with zero attached hydrogens (tertiary/aromatic N) is 2. The molecular formula is C14H7FIN3S. The highest BCUT2D eigenvalue weighted by molar-refractivity contribution is 14.1. The molecule has 0 bridgehead atoms. The number of para-hydroxylation sites is 1. The highest BCUT2D eigenvalue weighted by Gasteiger charge is 2.12. The third-order valence-electron chi connectivity index (χ3n) is 2.99. The summed E-state index contributed by atoms with van der Waals surface area (Å²) in [6.07, 6.45) is 0. The van der Waals surface area contributed by atoms with Gasteiger partial charge in [0.05, 0.1) is 22.3 Å². The van der Waals surface area contributed by atoms with Gasteiger partial charge in [-0.2, -0.15) is 5.26 Å². The van der Waals surface area contributed by atoms with E-state index in [4.69, 9.17) is 17.5 Å². The molecule has 0 radical (unpaired) electrons. The Morgan fingerprint density at radius 2 is 2.10 bits per heavy atom. The standard InChI is InChI=1S/C14H7FIN3S/c15-9-4-5-11(10(16)6-9)19-12-3-1-2-8(7-17)13(12)18-14(19)20/h1-6H,(H,18,20). The maximum atomic E-state index is 13.2. The molecule has 6 heteroatoms. The van der Waals surface area contributed by atoms with Crippen LogP contribution in [0.1, 0.15) is 5.56 Å². The van der Waals surface area contributed by atoms with Gasteiger partial charge in [0.25, 0.3) is 0 Å². The van der Waals surface area contributed by atoms with Gasteiger partial charge in [-0.05, 0) is 65.1 Å². The summed E-state index contributed by atoms with van der Waals surface area (Å²) in [6, 6.07) is 12.1. The van der Waals surface area contributed by atoms with Crippen LogP contribution in [0.4, 0.5) is 4.39 Å². The molecule has 0 aliphatic carbocycles. The fourth-order valence-electron chi connectivity index (χ4n) is 2.13. The normalized spacial score (nSPS) is 10.7. The van der Waals surface area contributed by atoms with Crippen LogP contribution in [0.15, 0.2) is 36.4 Å². The first-order valence-electron chi connectivity index (χ1n) is 5.71. The molecule has 3 aromatic rings. The van der Waals surface area contributed by atoms with Crippen molar-refractivity contribution in [3.8, 4) is 11.8 Å². The highest BCUT2D eigenvalue weighted by atomic mass is 127. The minimum Gasteiger partial charge on any atom is -0.329 e. The van der Waals surface area contributed by atoms with Gasteiger partial charge in [-0.3, -0.25) is 4.57 Å². The van der Waals surface area contributed by atoms with Crippen molar-refractivity contribution in [1.29, 1.82) is 5.26 Å². The first-order chi connectivity index (χ1) is 9.61. The molecule has 98 valence electrons. The van der Waals surface area contributed by atoms with E-state index in [1.807, 2.05) is 10.6 Å². The van der Waals surface area contributed by atoms with Crippen LogP contribution in [-0.4, -0.2) is 9.55 Å². The Kier molecular flexibility index (Phi) is 3.31. The first-order valence-corrected chi connectivity index (χ1v) is 7.20. The monoisotopic (exact) mass is 395 g/mol. The van der Waals surface area contributed by atoms with Crippen molar-refractivity contribution in [3.63, 3.8) is 0 Å². The molecule has 0 amide bonds. The Labute approximate surface area is 132 Å². The summed E-state index contributed by atoms with van der Waals surface area (Å²) >= 11 is 7.40. The Bertz CT molecular complexity index is 920. The predicted octanol–water partition coefficient (Wildman–Crippen LogP) is 4.30. The number of rotatable bonds is 1. The molecule has 0 aliphatic heterocycles. The van der Waals surface area contributed by atoms with Gasteiger partial charge in [0.15, 0.2) is 4.77 Å². The lowest BCUT2D eigenvalue weighted by Gasteiger charge is -2.07. The molecular weight excluding hydrogens is 388 g/mol. The van der Waals surface area contributed by atoms with Gasteiger partial charge in [-0.15, -0.1) is 0 Å². The second-order valence-electron chi connectivity index (χ2n) is 4.17. The summed E-state index contributed by atoms with van der Waals surface area (Å²) in [4.78, 5) is 3.05. The van der Waals surface area contributed by atoms with Gasteiger partial charge in [0.2, 0.25) is 0 Å². The van der Waals surface area contributed by atoms with Crippen molar-refractivity contribution in [3.05, 3.63) is 56.1 Å². The van der Waals surface area contributed by atoms with Gasteiger partial charge in [-0.25, -0.2) is 4.39 Å². The van der Waals surface area contributed by atoms with Crippen LogP contribution in [0.25, 0.3) is 16.7 Å². The quantitative estimate of drug-likeness (QED) is 0.493. The molecule has 0 spiro atoms. The van der Waals surface area contributed by atoms with Gasteiger partial charge in [0, 0.05) is 3.57 Å². The van der Waals surface area contributed by atoms with Gasteiger partial charge >= 0.3 is 0 Å². The molecule has 3 rings (SSSR count). The summed E-state index contributed by atoms with van der Waals surface area (Å²) in [6.45, 7) is 0. The van der Waals surface area contributed by atoms with E-state index in [0.29, 0.717) is 15.9 Å². The Balaban J connectivity index is 2.41. The molecule has 1 heterocycles. The topological polar surface area (TPSA) is 44.5 Å². The second kappa shape index (κ2) is 5.00. The minimum atomic E-state index is -0.290. The SMILES string of the molecule is N#Cc1cccc2c1[nH]c(=S)n2-c1ccc(F)cc1I. The molecule has 1 N–H and O–H groups in total. The lowest BCUT2D eigenvalue weighted by Crippen LogP contribution is -1.97. The smallest absolute Gasteiger partial charge is 0.182 e. The fraction of sp³-hybridized carbons (Fsp3) is 0. The molecule has 0 saturated heterocycles. The van der Waals surface area contributed by atoms with Crippen molar-refractivity contribution < 1.29 is 4.39 Å². The maximum absolute atomic E-state index is 13.2. The second-order valence-corrected chi connectivity index (χ2v) is 5.72. The lowest BCUT2D eigenvalue weighted by molar-refractivity contribution is 0.626. The Morgan fingerprint density at radius 3 is 2.80 bits per heavy atom. The number of benzene rings is 2. The predicted molar refractivity (Wildman–Crippen MR) is 85.8 cm³/mol. The van der Waals surface area contributed by atoms with Crippen LogP contribution in [0.5, 0.6) is 0 Å². The third kappa shape index (κ3) is 2.03. The summed E-state index contributed by atoms with van der Waals surface area (Å²) in [5.74, 6) is -0.290. The Hall–Kier alpha value is -1.72. The van der Waals surface area contributed by atoms with E-state index in [0.717, 1.165) is 14.8 Å². The highest BCUT2D eigenvalue weighted by Crippen LogP contribution is 2.25. The maximum Gasteiger partial charge on any atom is 0.182 e. The van der Waals surface area contributed by atoms with Crippen molar-refractivity contribution in [2.45, 2.75) is 0 Å². The number of aromatic amines is 1. The van der Waals surface area contributed by atoms with Crippen molar-refractivity contribution in [2.75, 3.05) is 0 Å². The number of H-pyrrole nitrogens is 1. The third-order valence-corrected chi connectivity index (χ3v) is 4.14. The fourth-order valence-corrected chi connectivity index (χ4v) is 3.14. The number of nitrogens with one attached hydrogen (secondary N) is 1. The zero-order chi connectivity index (χ0) is 14.3. The van der Waals surface area contributed by atoms with Gasteiger partial charge < -0.3 is 4.98 Å². The zero-order valence-corrected chi connectivity index (χ0v) is 13.0. The number of aromatic nitrogens is 2. The van der Waals surface area contributed by atoms with Crippen molar-refractivity contribution >= 4 is 45.8 Å². The Morgan fingerprint density at radius 1 is 1.30 bits per heavy atom. The van der Waals surface area contributed by atoms with E-state index in [2.05, 4.69) is 33.6 Å².